The van der Waals surface area contributed by atoms with Crippen LogP contribution in [0, 0.1) is 6.92 Å². The van der Waals surface area contributed by atoms with E-state index < -0.39 is 28.5 Å². The summed E-state index contributed by atoms with van der Waals surface area (Å²) >= 11 is 0. The fraction of sp³-hybridized carbons (Fsp3) is 0.150. The summed E-state index contributed by atoms with van der Waals surface area (Å²) in [5, 5.41) is 6.02. The Hall–Kier alpha value is -3.66. The van der Waals surface area contributed by atoms with E-state index in [-0.39, 0.29) is 16.3 Å². The van der Waals surface area contributed by atoms with Gasteiger partial charge in [-0.25, -0.2) is 13.2 Å². The fourth-order valence-electron chi connectivity index (χ4n) is 2.52. The van der Waals surface area contributed by atoms with E-state index in [9.17, 15) is 18.0 Å². The van der Waals surface area contributed by atoms with Gasteiger partial charge in [-0.2, -0.15) is 0 Å². The smallest absolute Gasteiger partial charge is 0.338 e. The Balaban J connectivity index is 1.61. The van der Waals surface area contributed by atoms with Crippen molar-refractivity contribution in [3.8, 4) is 0 Å². The molecule has 0 aliphatic rings. The number of nitrogens with one attached hydrogen (secondary N) is 1. The lowest BCUT2D eigenvalue weighted by atomic mass is 10.2. The third kappa shape index (κ3) is 4.84. The fourth-order valence-corrected chi connectivity index (χ4v) is 3.71. The minimum atomic E-state index is -3.79. The molecular formula is C20H19N3O6S. The van der Waals surface area contributed by atoms with Gasteiger partial charge in [0.25, 0.3) is 15.9 Å². The average molecular weight is 429 g/mol. The molecule has 156 valence electrons. The monoisotopic (exact) mass is 429 g/mol. The van der Waals surface area contributed by atoms with Crippen LogP contribution in [0.5, 0.6) is 0 Å². The van der Waals surface area contributed by atoms with Crippen LogP contribution >= 0.6 is 0 Å². The van der Waals surface area contributed by atoms with Crippen molar-refractivity contribution in [2.75, 3.05) is 23.3 Å². The van der Waals surface area contributed by atoms with Gasteiger partial charge in [0, 0.05) is 13.1 Å². The Labute approximate surface area is 173 Å². The summed E-state index contributed by atoms with van der Waals surface area (Å²) in [4.78, 5) is 23.9. The molecule has 30 heavy (non-hydrogen) atoms. The van der Waals surface area contributed by atoms with E-state index in [1.807, 2.05) is 0 Å². The van der Waals surface area contributed by atoms with Crippen molar-refractivity contribution in [3.05, 3.63) is 72.0 Å². The van der Waals surface area contributed by atoms with Crippen molar-refractivity contribution in [1.29, 1.82) is 0 Å². The second-order valence-electron chi connectivity index (χ2n) is 6.28. The zero-order valence-corrected chi connectivity index (χ0v) is 17.0. The molecule has 0 aliphatic carbocycles. The summed E-state index contributed by atoms with van der Waals surface area (Å²) in [6.45, 7) is 1.14. The molecule has 0 saturated heterocycles. The van der Waals surface area contributed by atoms with Gasteiger partial charge in [0.15, 0.2) is 12.4 Å². The van der Waals surface area contributed by atoms with Crippen LogP contribution < -0.4 is 9.62 Å². The van der Waals surface area contributed by atoms with E-state index >= 15 is 0 Å². The molecule has 0 bridgehead atoms. The SMILES string of the molecule is Cc1cc(NC(=O)COC(=O)c2ccc(S(=O)(=O)N(C)c3ccccc3)cc2)no1. The maximum atomic E-state index is 12.7. The number of aryl methyl sites for hydroxylation is 1. The van der Waals surface area contributed by atoms with Gasteiger partial charge in [-0.1, -0.05) is 23.4 Å². The number of aromatic nitrogens is 1. The van der Waals surface area contributed by atoms with Gasteiger partial charge < -0.3 is 14.6 Å². The number of amides is 1. The molecule has 3 rings (SSSR count). The second kappa shape index (κ2) is 8.78. The van der Waals surface area contributed by atoms with Gasteiger partial charge in [-0.05, 0) is 43.3 Å². The molecule has 0 radical (unpaired) electrons. The molecule has 0 unspecified atom stereocenters. The molecule has 1 heterocycles. The number of anilines is 2. The standard InChI is InChI=1S/C20H19N3O6S/c1-14-12-18(22-29-14)21-19(24)13-28-20(25)15-8-10-17(11-9-15)30(26,27)23(2)16-6-4-3-5-7-16/h3-12H,13H2,1-2H3,(H,21,22,24). The van der Waals surface area contributed by atoms with Gasteiger partial charge in [-0.3, -0.25) is 9.10 Å². The number of hydrogen-bond acceptors (Lipinski definition) is 7. The molecule has 1 amide bonds. The summed E-state index contributed by atoms with van der Waals surface area (Å²) in [6.07, 6.45) is 0. The zero-order chi connectivity index (χ0) is 21.7. The molecule has 0 aliphatic heterocycles. The first-order chi connectivity index (χ1) is 14.3. The lowest BCUT2D eigenvalue weighted by Gasteiger charge is -2.19. The van der Waals surface area contributed by atoms with Crippen LogP contribution in [0.4, 0.5) is 11.5 Å². The van der Waals surface area contributed by atoms with Crippen molar-refractivity contribution in [3.63, 3.8) is 0 Å². The summed E-state index contributed by atoms with van der Waals surface area (Å²) in [5.41, 5.74) is 0.621. The van der Waals surface area contributed by atoms with Gasteiger partial charge in [0.1, 0.15) is 5.76 Å². The molecule has 0 fully saturated rings. The van der Waals surface area contributed by atoms with Crippen molar-refractivity contribution >= 4 is 33.4 Å². The van der Waals surface area contributed by atoms with Gasteiger partial charge in [-0.15, -0.1) is 0 Å². The number of ether oxygens (including phenoxy) is 1. The van der Waals surface area contributed by atoms with Gasteiger partial charge >= 0.3 is 5.97 Å². The highest BCUT2D eigenvalue weighted by Gasteiger charge is 2.22. The maximum Gasteiger partial charge on any atom is 0.338 e. The Morgan fingerprint density at radius 2 is 1.77 bits per heavy atom. The largest absolute Gasteiger partial charge is 0.452 e. The lowest BCUT2D eigenvalue weighted by Crippen LogP contribution is -2.26. The predicted octanol–water partition coefficient (Wildman–Crippen LogP) is 2.60. The predicted molar refractivity (Wildman–Crippen MR) is 109 cm³/mol. The number of rotatable bonds is 7. The zero-order valence-electron chi connectivity index (χ0n) is 16.2. The van der Waals surface area contributed by atoms with Crippen molar-refractivity contribution in [2.24, 2.45) is 0 Å². The highest BCUT2D eigenvalue weighted by molar-refractivity contribution is 7.92. The highest BCUT2D eigenvalue weighted by atomic mass is 32.2. The third-order valence-electron chi connectivity index (χ3n) is 4.10. The van der Waals surface area contributed by atoms with Crippen LogP contribution in [0.2, 0.25) is 0 Å². The molecule has 10 heteroatoms. The number of para-hydroxylation sites is 1. The first-order valence-corrected chi connectivity index (χ1v) is 10.3. The first-order valence-electron chi connectivity index (χ1n) is 8.82. The third-order valence-corrected chi connectivity index (χ3v) is 5.90. The number of benzene rings is 2. The van der Waals surface area contributed by atoms with Gasteiger partial charge in [0.05, 0.1) is 16.1 Å². The molecule has 0 spiro atoms. The topological polar surface area (TPSA) is 119 Å². The highest BCUT2D eigenvalue weighted by Crippen LogP contribution is 2.22. The first kappa shape index (κ1) is 21.1. The molecule has 3 aromatic rings. The van der Waals surface area contributed by atoms with Crippen molar-refractivity contribution in [2.45, 2.75) is 11.8 Å². The molecule has 2 aromatic carbocycles. The molecule has 9 nitrogen and oxygen atoms in total. The van der Waals surface area contributed by atoms with E-state index in [1.54, 1.807) is 37.3 Å². The average Bonchev–Trinajstić information content (AvgIpc) is 3.16. The van der Waals surface area contributed by atoms with E-state index in [0.29, 0.717) is 11.4 Å². The van der Waals surface area contributed by atoms with Crippen molar-refractivity contribution in [1.82, 2.24) is 5.16 Å². The summed E-state index contributed by atoms with van der Waals surface area (Å²) in [6, 6.07) is 15.4. The van der Waals surface area contributed by atoms with E-state index in [1.165, 1.54) is 37.4 Å². The van der Waals surface area contributed by atoms with Crippen LogP contribution in [0.15, 0.2) is 70.1 Å². The molecule has 0 saturated carbocycles. The Bertz CT molecular complexity index is 1140. The maximum absolute atomic E-state index is 12.7. The van der Waals surface area contributed by atoms with E-state index in [4.69, 9.17) is 9.26 Å². The van der Waals surface area contributed by atoms with Gasteiger partial charge in [0.2, 0.25) is 0 Å². The quantitative estimate of drug-likeness (QED) is 0.573. The van der Waals surface area contributed by atoms with Crippen LogP contribution in [0.3, 0.4) is 0 Å². The van der Waals surface area contributed by atoms with E-state index in [0.717, 1.165) is 4.31 Å². The molecule has 1 aromatic heterocycles. The number of sulfonamides is 1. The number of esters is 1. The van der Waals surface area contributed by atoms with Crippen LogP contribution in [-0.4, -0.2) is 39.1 Å². The van der Waals surface area contributed by atoms with Crippen LogP contribution in [-0.2, 0) is 19.6 Å². The van der Waals surface area contributed by atoms with Crippen molar-refractivity contribution < 1.29 is 27.3 Å². The lowest BCUT2D eigenvalue weighted by molar-refractivity contribution is -0.119. The minimum absolute atomic E-state index is 0.0181. The minimum Gasteiger partial charge on any atom is -0.452 e. The number of hydrogen-bond donors (Lipinski definition) is 1. The number of carbonyl (C=O) groups excluding carboxylic acids is 2. The Kier molecular flexibility index (Phi) is 6.17. The molecule has 0 atom stereocenters. The number of nitrogens with zero attached hydrogens (tertiary/aromatic N) is 2. The second-order valence-corrected chi connectivity index (χ2v) is 8.25. The summed E-state index contributed by atoms with van der Waals surface area (Å²) in [7, 11) is -2.35. The molecule has 1 N–H and O–H groups in total. The Morgan fingerprint density at radius 3 is 2.37 bits per heavy atom. The normalized spacial score (nSPS) is 11.0. The Morgan fingerprint density at radius 1 is 1.10 bits per heavy atom. The summed E-state index contributed by atoms with van der Waals surface area (Å²) in [5.74, 6) is -0.608. The summed E-state index contributed by atoms with van der Waals surface area (Å²) < 4.78 is 36.4. The van der Waals surface area contributed by atoms with Crippen LogP contribution in [0.25, 0.3) is 0 Å². The van der Waals surface area contributed by atoms with Crippen LogP contribution in [0.1, 0.15) is 16.1 Å². The number of carbonyl (C=O) groups is 2. The van der Waals surface area contributed by atoms with E-state index in [2.05, 4.69) is 10.5 Å². The molecular weight excluding hydrogens is 410 g/mol.